The van der Waals surface area contributed by atoms with Crippen molar-refractivity contribution in [2.45, 2.75) is 5.92 Å². The molecule has 2 aromatic heterocycles. The molecule has 1 saturated heterocycles. The summed E-state index contributed by atoms with van der Waals surface area (Å²) in [6, 6.07) is 7.57. The Bertz CT molecular complexity index is 922. The number of halogens is 2. The molecule has 1 amide bonds. The Morgan fingerprint density at radius 2 is 2.23 bits per heavy atom. The van der Waals surface area contributed by atoms with Crippen LogP contribution in [0.5, 0.6) is 0 Å². The zero-order valence-corrected chi connectivity index (χ0v) is 14.2. The van der Waals surface area contributed by atoms with Crippen LogP contribution in [0.25, 0.3) is 11.6 Å². The quantitative estimate of drug-likeness (QED) is 0.736. The third-order valence-electron chi connectivity index (χ3n) is 4.06. The number of carbonyl (C=O) groups excluding carboxylic acids is 1. The summed E-state index contributed by atoms with van der Waals surface area (Å²) in [7, 11) is 0. The van der Waals surface area contributed by atoms with E-state index < -0.39 is 5.82 Å². The lowest BCUT2D eigenvalue weighted by Gasteiger charge is -2.36. The van der Waals surface area contributed by atoms with Gasteiger partial charge in [0.1, 0.15) is 5.82 Å². The second-order valence-electron chi connectivity index (χ2n) is 6.00. The minimum atomic E-state index is -0.524. The predicted molar refractivity (Wildman–Crippen MR) is 91.2 cm³/mol. The molecular weight excluding hydrogens is 363 g/mol. The van der Waals surface area contributed by atoms with E-state index in [2.05, 4.69) is 15.5 Å². The van der Waals surface area contributed by atoms with Gasteiger partial charge in [-0.2, -0.15) is 4.98 Å². The van der Waals surface area contributed by atoms with Crippen LogP contribution in [-0.4, -0.2) is 40.6 Å². The maximum atomic E-state index is 13.1. The summed E-state index contributed by atoms with van der Waals surface area (Å²) in [4.78, 5) is 18.3. The van der Waals surface area contributed by atoms with Gasteiger partial charge in [-0.25, -0.2) is 4.39 Å². The first-order valence-corrected chi connectivity index (χ1v) is 8.31. The summed E-state index contributed by atoms with van der Waals surface area (Å²) in [5.41, 5.74) is 0.457. The van der Waals surface area contributed by atoms with Gasteiger partial charge in [0.05, 0.1) is 23.7 Å². The first-order chi connectivity index (χ1) is 12.6. The molecule has 26 heavy (non-hydrogen) atoms. The number of benzene rings is 1. The van der Waals surface area contributed by atoms with Gasteiger partial charge in [0.15, 0.2) is 5.76 Å². The van der Waals surface area contributed by atoms with Crippen LogP contribution in [0.1, 0.15) is 11.8 Å². The van der Waals surface area contributed by atoms with Gasteiger partial charge >= 0.3 is 0 Å². The standard InChI is InChI=1S/C17H14ClFN4O3/c18-12-6-11(3-4-13(12)19)20-15(24)9-23-7-10(8-23)17-21-16(22-26-17)14-2-1-5-25-14/h1-6,10H,7-9H2,(H,20,24). The lowest BCUT2D eigenvalue weighted by molar-refractivity contribution is -0.118. The van der Waals surface area contributed by atoms with E-state index in [4.69, 9.17) is 20.5 Å². The minimum absolute atomic E-state index is 0.0319. The molecule has 0 aliphatic carbocycles. The number of nitrogens with zero attached hydrogens (tertiary/aromatic N) is 3. The van der Waals surface area contributed by atoms with E-state index >= 15 is 0 Å². The molecule has 134 valence electrons. The normalized spacial score (nSPS) is 15.0. The molecule has 4 rings (SSSR count). The number of carbonyl (C=O) groups is 1. The summed E-state index contributed by atoms with van der Waals surface area (Å²) in [5, 5.41) is 6.56. The monoisotopic (exact) mass is 376 g/mol. The zero-order valence-electron chi connectivity index (χ0n) is 13.5. The molecule has 7 nitrogen and oxygen atoms in total. The molecule has 1 aliphatic heterocycles. The summed E-state index contributed by atoms with van der Waals surface area (Å²) in [6.45, 7) is 1.49. The molecule has 0 bridgehead atoms. The molecule has 3 heterocycles. The highest BCUT2D eigenvalue weighted by Crippen LogP contribution is 2.27. The van der Waals surface area contributed by atoms with E-state index in [1.807, 2.05) is 4.90 Å². The Balaban J connectivity index is 1.28. The molecule has 0 saturated carbocycles. The van der Waals surface area contributed by atoms with E-state index in [1.165, 1.54) is 18.2 Å². The molecule has 0 atom stereocenters. The molecule has 0 spiro atoms. The summed E-state index contributed by atoms with van der Waals surface area (Å²) < 4.78 is 23.6. The maximum absolute atomic E-state index is 13.1. The van der Waals surface area contributed by atoms with Crippen LogP contribution in [0.15, 0.2) is 45.5 Å². The lowest BCUT2D eigenvalue weighted by atomic mass is 10.0. The van der Waals surface area contributed by atoms with Crippen LogP contribution < -0.4 is 5.32 Å². The van der Waals surface area contributed by atoms with Crippen molar-refractivity contribution < 1.29 is 18.1 Å². The number of hydrogen-bond acceptors (Lipinski definition) is 6. The fraction of sp³-hybridized carbons (Fsp3) is 0.235. The summed E-state index contributed by atoms with van der Waals surface area (Å²) >= 11 is 5.70. The van der Waals surface area contributed by atoms with E-state index in [0.717, 1.165) is 0 Å². The minimum Gasteiger partial charge on any atom is -0.461 e. The predicted octanol–water partition coefficient (Wildman–Crippen LogP) is 3.16. The fourth-order valence-corrected chi connectivity index (χ4v) is 2.92. The summed E-state index contributed by atoms with van der Waals surface area (Å²) in [6.07, 6.45) is 1.55. The van der Waals surface area contributed by atoms with Crippen molar-refractivity contribution in [2.24, 2.45) is 0 Å². The van der Waals surface area contributed by atoms with Gasteiger partial charge in [-0.1, -0.05) is 16.8 Å². The average molecular weight is 377 g/mol. The molecule has 3 aromatic rings. The Kier molecular flexibility index (Phi) is 4.44. The second kappa shape index (κ2) is 6.89. The van der Waals surface area contributed by atoms with Crippen LogP contribution in [0.4, 0.5) is 10.1 Å². The maximum Gasteiger partial charge on any atom is 0.238 e. The van der Waals surface area contributed by atoms with Gasteiger partial charge in [-0.05, 0) is 30.3 Å². The number of amides is 1. The third kappa shape index (κ3) is 3.47. The highest BCUT2D eigenvalue weighted by molar-refractivity contribution is 6.31. The van der Waals surface area contributed by atoms with Gasteiger partial charge in [-0.3, -0.25) is 9.69 Å². The van der Waals surface area contributed by atoms with Gasteiger partial charge in [0, 0.05) is 18.8 Å². The SMILES string of the molecule is O=C(CN1CC(c2nc(-c3ccco3)no2)C1)Nc1ccc(F)c(Cl)c1. The Morgan fingerprint density at radius 3 is 2.96 bits per heavy atom. The number of anilines is 1. The number of rotatable bonds is 5. The number of hydrogen-bond donors (Lipinski definition) is 1. The molecule has 1 fully saturated rings. The molecule has 0 radical (unpaired) electrons. The number of nitrogens with one attached hydrogen (secondary N) is 1. The number of aromatic nitrogens is 2. The van der Waals surface area contributed by atoms with Crippen molar-refractivity contribution in [3.05, 3.63) is 53.3 Å². The fourth-order valence-electron chi connectivity index (χ4n) is 2.74. The van der Waals surface area contributed by atoms with Crippen LogP contribution in [0.3, 0.4) is 0 Å². The van der Waals surface area contributed by atoms with E-state index in [-0.39, 0.29) is 23.4 Å². The largest absolute Gasteiger partial charge is 0.461 e. The van der Waals surface area contributed by atoms with Crippen molar-refractivity contribution in [3.63, 3.8) is 0 Å². The molecule has 1 aromatic carbocycles. The Morgan fingerprint density at radius 1 is 1.38 bits per heavy atom. The van der Waals surface area contributed by atoms with Crippen molar-refractivity contribution in [3.8, 4) is 11.6 Å². The van der Waals surface area contributed by atoms with Gasteiger partial charge in [0.2, 0.25) is 17.6 Å². The van der Waals surface area contributed by atoms with Crippen molar-refractivity contribution in [2.75, 3.05) is 25.0 Å². The Hall–Kier alpha value is -2.71. The zero-order chi connectivity index (χ0) is 18.1. The van der Waals surface area contributed by atoms with Crippen LogP contribution in [0.2, 0.25) is 5.02 Å². The first-order valence-electron chi connectivity index (χ1n) is 7.93. The second-order valence-corrected chi connectivity index (χ2v) is 6.41. The van der Waals surface area contributed by atoms with Crippen LogP contribution >= 0.6 is 11.6 Å². The Labute approximate surface area is 152 Å². The van der Waals surface area contributed by atoms with Crippen molar-refractivity contribution in [1.82, 2.24) is 15.0 Å². The first kappa shape index (κ1) is 16.7. The summed E-state index contributed by atoms with van der Waals surface area (Å²) in [5.74, 6) is 0.845. The van der Waals surface area contributed by atoms with E-state index in [1.54, 1.807) is 18.4 Å². The third-order valence-corrected chi connectivity index (χ3v) is 4.35. The van der Waals surface area contributed by atoms with Crippen LogP contribution in [-0.2, 0) is 4.79 Å². The molecule has 0 unspecified atom stereocenters. The molecule has 9 heteroatoms. The van der Waals surface area contributed by atoms with Crippen molar-refractivity contribution in [1.29, 1.82) is 0 Å². The molecule has 1 N–H and O–H groups in total. The average Bonchev–Trinajstić information content (AvgIpc) is 3.24. The smallest absolute Gasteiger partial charge is 0.238 e. The van der Waals surface area contributed by atoms with E-state index in [9.17, 15) is 9.18 Å². The van der Waals surface area contributed by atoms with Gasteiger partial charge < -0.3 is 14.3 Å². The lowest BCUT2D eigenvalue weighted by Crippen LogP contribution is -2.48. The van der Waals surface area contributed by atoms with Gasteiger partial charge in [0.25, 0.3) is 0 Å². The number of furan rings is 1. The van der Waals surface area contributed by atoms with Gasteiger partial charge in [-0.15, -0.1) is 0 Å². The topological polar surface area (TPSA) is 84.4 Å². The molecule has 1 aliphatic rings. The molecular formula is C17H14ClFN4O3. The highest BCUT2D eigenvalue weighted by atomic mass is 35.5. The van der Waals surface area contributed by atoms with Crippen molar-refractivity contribution >= 4 is 23.2 Å². The van der Waals surface area contributed by atoms with E-state index in [0.29, 0.717) is 36.3 Å². The number of likely N-dealkylation sites (tertiary alicyclic amines) is 1. The van der Waals surface area contributed by atoms with Crippen LogP contribution in [0, 0.1) is 5.82 Å². The highest BCUT2D eigenvalue weighted by Gasteiger charge is 2.33.